The molecule has 0 bridgehead atoms. The van der Waals surface area contributed by atoms with Crippen LogP contribution in [0.5, 0.6) is 0 Å². The van der Waals surface area contributed by atoms with E-state index in [0.29, 0.717) is 22.8 Å². The minimum Gasteiger partial charge on any atom is -0.465 e. The van der Waals surface area contributed by atoms with E-state index in [1.165, 1.54) is 19.2 Å². The summed E-state index contributed by atoms with van der Waals surface area (Å²) in [5.74, 6) is -0.728. The van der Waals surface area contributed by atoms with Crippen molar-refractivity contribution in [1.29, 1.82) is 0 Å². The molecule has 0 spiro atoms. The number of aryl methyl sites for hydroxylation is 1. The van der Waals surface area contributed by atoms with Crippen LogP contribution in [-0.4, -0.2) is 13.1 Å². The highest BCUT2D eigenvalue weighted by atomic mass is 35.5. The molecule has 0 amide bonds. The monoisotopic (exact) mass is 307 g/mol. The molecule has 0 aromatic heterocycles. The quantitative estimate of drug-likeness (QED) is 0.861. The van der Waals surface area contributed by atoms with Crippen molar-refractivity contribution in [2.24, 2.45) is 0 Å². The SMILES string of the molecule is COC(=O)c1cc(Cl)ccc1NCc1ccc(F)cc1C. The van der Waals surface area contributed by atoms with Crippen molar-refractivity contribution in [2.45, 2.75) is 13.5 Å². The number of nitrogens with one attached hydrogen (secondary N) is 1. The van der Waals surface area contributed by atoms with Crippen LogP contribution in [0.15, 0.2) is 36.4 Å². The van der Waals surface area contributed by atoms with Gasteiger partial charge in [-0.25, -0.2) is 9.18 Å². The van der Waals surface area contributed by atoms with E-state index in [0.717, 1.165) is 11.1 Å². The van der Waals surface area contributed by atoms with E-state index < -0.39 is 5.97 Å². The van der Waals surface area contributed by atoms with Crippen molar-refractivity contribution >= 4 is 23.3 Å². The summed E-state index contributed by atoms with van der Waals surface area (Å²) >= 11 is 5.90. The summed E-state index contributed by atoms with van der Waals surface area (Å²) in [6.45, 7) is 2.31. The number of hydrogen-bond acceptors (Lipinski definition) is 3. The fraction of sp³-hybridized carbons (Fsp3) is 0.188. The molecule has 2 rings (SSSR count). The fourth-order valence-corrected chi connectivity index (χ4v) is 2.17. The largest absolute Gasteiger partial charge is 0.465 e. The number of rotatable bonds is 4. The lowest BCUT2D eigenvalue weighted by atomic mass is 10.1. The summed E-state index contributed by atoms with van der Waals surface area (Å²) in [6, 6.07) is 9.55. The number of anilines is 1. The van der Waals surface area contributed by atoms with Crippen LogP contribution in [0.2, 0.25) is 5.02 Å². The van der Waals surface area contributed by atoms with Gasteiger partial charge in [-0.2, -0.15) is 0 Å². The molecule has 3 nitrogen and oxygen atoms in total. The maximum Gasteiger partial charge on any atom is 0.340 e. The molecule has 110 valence electrons. The van der Waals surface area contributed by atoms with Crippen molar-refractivity contribution in [1.82, 2.24) is 0 Å². The molecular weight excluding hydrogens is 293 g/mol. The Labute approximate surface area is 127 Å². The molecule has 0 aliphatic rings. The van der Waals surface area contributed by atoms with Gasteiger partial charge in [0, 0.05) is 17.3 Å². The van der Waals surface area contributed by atoms with Crippen LogP contribution in [-0.2, 0) is 11.3 Å². The van der Waals surface area contributed by atoms with Gasteiger partial charge in [0.05, 0.1) is 12.7 Å². The average Bonchev–Trinajstić information content (AvgIpc) is 2.46. The normalized spacial score (nSPS) is 10.3. The van der Waals surface area contributed by atoms with Crippen LogP contribution in [0.1, 0.15) is 21.5 Å². The Hall–Kier alpha value is -2.07. The van der Waals surface area contributed by atoms with Crippen molar-refractivity contribution in [3.05, 3.63) is 63.9 Å². The average molecular weight is 308 g/mol. The van der Waals surface area contributed by atoms with E-state index >= 15 is 0 Å². The summed E-state index contributed by atoms with van der Waals surface area (Å²) in [5, 5.41) is 3.61. The third kappa shape index (κ3) is 3.73. The highest BCUT2D eigenvalue weighted by Gasteiger charge is 2.12. The highest BCUT2D eigenvalue weighted by Crippen LogP contribution is 2.22. The number of hydrogen-bond donors (Lipinski definition) is 1. The Morgan fingerprint density at radius 3 is 2.71 bits per heavy atom. The van der Waals surface area contributed by atoms with Crippen LogP contribution < -0.4 is 5.32 Å². The van der Waals surface area contributed by atoms with Crippen LogP contribution >= 0.6 is 11.6 Å². The Morgan fingerprint density at radius 2 is 2.05 bits per heavy atom. The zero-order valence-electron chi connectivity index (χ0n) is 11.7. The molecule has 0 saturated carbocycles. The lowest BCUT2D eigenvalue weighted by Gasteiger charge is -2.12. The van der Waals surface area contributed by atoms with Crippen molar-refractivity contribution in [3.63, 3.8) is 0 Å². The van der Waals surface area contributed by atoms with Gasteiger partial charge in [0.25, 0.3) is 0 Å². The van der Waals surface area contributed by atoms with Gasteiger partial charge in [0.15, 0.2) is 0 Å². The second kappa shape index (κ2) is 6.59. The minimum absolute atomic E-state index is 0.266. The Kier molecular flexibility index (Phi) is 4.81. The summed E-state index contributed by atoms with van der Waals surface area (Å²) < 4.78 is 17.8. The Morgan fingerprint density at radius 1 is 1.29 bits per heavy atom. The van der Waals surface area contributed by atoms with Gasteiger partial charge in [0.1, 0.15) is 5.82 Å². The molecule has 0 saturated heterocycles. The van der Waals surface area contributed by atoms with Gasteiger partial charge in [-0.3, -0.25) is 0 Å². The Bertz CT molecular complexity index is 673. The molecule has 0 heterocycles. The van der Waals surface area contributed by atoms with Crippen molar-refractivity contribution < 1.29 is 13.9 Å². The summed E-state index contributed by atoms with van der Waals surface area (Å²) in [7, 11) is 1.32. The first-order chi connectivity index (χ1) is 10.0. The minimum atomic E-state index is -0.462. The second-order valence-corrected chi connectivity index (χ2v) is 5.04. The number of halogens is 2. The van der Waals surface area contributed by atoms with Gasteiger partial charge in [-0.05, 0) is 48.4 Å². The fourth-order valence-electron chi connectivity index (χ4n) is 2.00. The zero-order valence-corrected chi connectivity index (χ0v) is 12.5. The van der Waals surface area contributed by atoms with E-state index in [1.807, 2.05) is 6.92 Å². The molecule has 2 aromatic carbocycles. The van der Waals surface area contributed by atoms with Gasteiger partial charge < -0.3 is 10.1 Å². The van der Waals surface area contributed by atoms with Gasteiger partial charge >= 0.3 is 5.97 Å². The lowest BCUT2D eigenvalue weighted by molar-refractivity contribution is 0.0602. The first-order valence-electron chi connectivity index (χ1n) is 6.38. The van der Waals surface area contributed by atoms with E-state index in [2.05, 4.69) is 5.32 Å². The van der Waals surface area contributed by atoms with Crippen LogP contribution in [0.25, 0.3) is 0 Å². The van der Waals surface area contributed by atoms with E-state index in [9.17, 15) is 9.18 Å². The highest BCUT2D eigenvalue weighted by molar-refractivity contribution is 6.31. The summed E-state index contributed by atoms with van der Waals surface area (Å²) in [5.41, 5.74) is 2.78. The topological polar surface area (TPSA) is 38.3 Å². The molecule has 0 unspecified atom stereocenters. The second-order valence-electron chi connectivity index (χ2n) is 4.61. The Balaban J connectivity index is 2.21. The predicted molar refractivity (Wildman–Crippen MR) is 81.3 cm³/mol. The van der Waals surface area contributed by atoms with E-state index in [-0.39, 0.29) is 5.82 Å². The van der Waals surface area contributed by atoms with Gasteiger partial charge in [-0.15, -0.1) is 0 Å². The molecular formula is C16H15ClFNO2. The van der Waals surface area contributed by atoms with E-state index in [4.69, 9.17) is 16.3 Å². The third-order valence-corrected chi connectivity index (χ3v) is 3.40. The molecule has 0 aliphatic carbocycles. The van der Waals surface area contributed by atoms with Gasteiger partial charge in [-0.1, -0.05) is 17.7 Å². The first-order valence-corrected chi connectivity index (χ1v) is 6.76. The van der Waals surface area contributed by atoms with E-state index in [1.54, 1.807) is 24.3 Å². The number of esters is 1. The van der Waals surface area contributed by atoms with Gasteiger partial charge in [0.2, 0.25) is 0 Å². The zero-order chi connectivity index (χ0) is 15.4. The third-order valence-electron chi connectivity index (χ3n) is 3.16. The van der Waals surface area contributed by atoms with Crippen LogP contribution in [0.4, 0.5) is 10.1 Å². The molecule has 2 aromatic rings. The molecule has 5 heteroatoms. The molecule has 0 aliphatic heterocycles. The lowest BCUT2D eigenvalue weighted by Crippen LogP contribution is -2.09. The maximum absolute atomic E-state index is 13.1. The predicted octanol–water partition coefficient (Wildman–Crippen LogP) is 4.19. The molecule has 1 N–H and O–H groups in total. The number of carbonyl (C=O) groups is 1. The number of methoxy groups -OCH3 is 1. The number of ether oxygens (including phenoxy) is 1. The maximum atomic E-state index is 13.1. The summed E-state index contributed by atoms with van der Waals surface area (Å²) in [4.78, 5) is 11.7. The van der Waals surface area contributed by atoms with Crippen LogP contribution in [0.3, 0.4) is 0 Å². The summed E-state index contributed by atoms with van der Waals surface area (Å²) in [6.07, 6.45) is 0. The number of carbonyl (C=O) groups excluding carboxylic acids is 1. The van der Waals surface area contributed by atoms with Crippen LogP contribution in [0, 0.1) is 12.7 Å². The molecule has 0 radical (unpaired) electrons. The number of benzene rings is 2. The molecule has 0 fully saturated rings. The van der Waals surface area contributed by atoms with Crippen molar-refractivity contribution in [2.75, 3.05) is 12.4 Å². The smallest absolute Gasteiger partial charge is 0.340 e. The first kappa shape index (κ1) is 15.3. The molecule has 0 atom stereocenters. The standard InChI is InChI=1S/C16H15ClFNO2/c1-10-7-13(18)5-3-11(10)9-19-15-6-4-12(17)8-14(15)16(20)21-2/h3-8,19H,9H2,1-2H3. The van der Waals surface area contributed by atoms with Crippen molar-refractivity contribution in [3.8, 4) is 0 Å². The molecule has 21 heavy (non-hydrogen) atoms.